The Hall–Kier alpha value is -1.89. The molecule has 0 saturated carbocycles. The minimum atomic E-state index is -0.382. The fraction of sp³-hybridized carbons (Fsp3) is 0.600. The number of amides is 1. The molecule has 0 fully saturated rings. The van der Waals surface area contributed by atoms with Crippen LogP contribution in [0.4, 0.5) is 0 Å². The smallest absolute Gasteiger partial charge is 0.306 e. The van der Waals surface area contributed by atoms with Crippen LogP contribution in [0.15, 0.2) is 16.8 Å². The molecule has 27 heavy (non-hydrogen) atoms. The van der Waals surface area contributed by atoms with E-state index in [4.69, 9.17) is 4.74 Å². The van der Waals surface area contributed by atoms with E-state index in [-0.39, 0.29) is 24.9 Å². The standard InChI is InChI=1S/C20H29N3O3S/c1-14-17(15(2)23-20(22-14)27-3)9-10-19(25)26-13-18(24)21-12-11-16-7-5-4-6-8-16/h7H,4-6,8-13H2,1-3H3,(H,21,24). The number of hydrogen-bond acceptors (Lipinski definition) is 6. The molecule has 0 aromatic carbocycles. The predicted molar refractivity (Wildman–Crippen MR) is 107 cm³/mol. The number of aryl methyl sites for hydroxylation is 2. The summed E-state index contributed by atoms with van der Waals surface area (Å²) in [6.45, 7) is 4.21. The Labute approximate surface area is 165 Å². The number of nitrogens with one attached hydrogen (secondary N) is 1. The average Bonchev–Trinajstić information content (AvgIpc) is 2.66. The topological polar surface area (TPSA) is 81.2 Å². The van der Waals surface area contributed by atoms with E-state index in [1.165, 1.54) is 30.2 Å². The van der Waals surface area contributed by atoms with E-state index in [0.717, 1.165) is 41.4 Å². The van der Waals surface area contributed by atoms with E-state index in [1.54, 1.807) is 0 Å². The van der Waals surface area contributed by atoms with Crippen molar-refractivity contribution in [2.45, 2.75) is 63.9 Å². The number of allylic oxidation sites excluding steroid dienone is 1. The molecular formula is C20H29N3O3S. The van der Waals surface area contributed by atoms with Crippen LogP contribution in [-0.4, -0.2) is 41.3 Å². The van der Waals surface area contributed by atoms with E-state index in [1.807, 2.05) is 20.1 Å². The van der Waals surface area contributed by atoms with Crippen molar-refractivity contribution in [3.8, 4) is 0 Å². The molecule has 7 heteroatoms. The summed E-state index contributed by atoms with van der Waals surface area (Å²) < 4.78 is 5.08. The maximum atomic E-state index is 11.9. The number of rotatable bonds is 9. The van der Waals surface area contributed by atoms with Gasteiger partial charge in [-0.05, 0) is 64.2 Å². The van der Waals surface area contributed by atoms with Gasteiger partial charge in [-0.3, -0.25) is 9.59 Å². The summed E-state index contributed by atoms with van der Waals surface area (Å²) in [5.74, 6) is -0.632. The SMILES string of the molecule is CSc1nc(C)c(CCC(=O)OCC(=O)NCCC2=CCCCC2)c(C)n1. The Morgan fingerprint density at radius 3 is 2.56 bits per heavy atom. The summed E-state index contributed by atoms with van der Waals surface area (Å²) in [6.07, 6.45) is 10.6. The van der Waals surface area contributed by atoms with Crippen LogP contribution in [0.5, 0.6) is 0 Å². The van der Waals surface area contributed by atoms with E-state index in [9.17, 15) is 9.59 Å². The third kappa shape index (κ3) is 7.33. The van der Waals surface area contributed by atoms with Gasteiger partial charge in [0.25, 0.3) is 5.91 Å². The molecule has 0 radical (unpaired) electrons. The lowest BCUT2D eigenvalue weighted by Gasteiger charge is -2.13. The molecular weight excluding hydrogens is 362 g/mol. The van der Waals surface area contributed by atoms with Gasteiger partial charge in [0.2, 0.25) is 0 Å². The molecule has 1 aliphatic carbocycles. The molecule has 0 aliphatic heterocycles. The van der Waals surface area contributed by atoms with Crippen LogP contribution in [0.25, 0.3) is 0 Å². The van der Waals surface area contributed by atoms with Gasteiger partial charge in [0, 0.05) is 24.4 Å². The molecule has 1 N–H and O–H groups in total. The highest BCUT2D eigenvalue weighted by molar-refractivity contribution is 7.98. The third-order valence-electron chi connectivity index (χ3n) is 4.68. The first kappa shape index (κ1) is 21.4. The second-order valence-corrected chi connectivity index (χ2v) is 7.50. The molecule has 0 unspecified atom stereocenters. The second kappa shape index (κ2) is 11.1. The molecule has 1 aliphatic rings. The van der Waals surface area contributed by atoms with Crippen LogP contribution < -0.4 is 5.32 Å². The van der Waals surface area contributed by atoms with Crippen LogP contribution in [0.3, 0.4) is 0 Å². The maximum absolute atomic E-state index is 11.9. The number of nitrogens with zero attached hydrogens (tertiary/aromatic N) is 2. The lowest BCUT2D eigenvalue weighted by Crippen LogP contribution is -2.30. The zero-order valence-corrected chi connectivity index (χ0v) is 17.3. The number of ether oxygens (including phenoxy) is 1. The van der Waals surface area contributed by atoms with Gasteiger partial charge in [0.05, 0.1) is 0 Å². The Balaban J connectivity index is 1.67. The Morgan fingerprint density at radius 1 is 1.19 bits per heavy atom. The molecule has 0 bridgehead atoms. The van der Waals surface area contributed by atoms with E-state index >= 15 is 0 Å². The van der Waals surface area contributed by atoms with Crippen molar-refractivity contribution in [1.82, 2.24) is 15.3 Å². The molecule has 1 aromatic heterocycles. The number of thioether (sulfide) groups is 1. The van der Waals surface area contributed by atoms with Gasteiger partial charge in [-0.1, -0.05) is 23.4 Å². The minimum absolute atomic E-state index is 0.212. The number of hydrogen-bond donors (Lipinski definition) is 1. The van der Waals surface area contributed by atoms with Crippen molar-refractivity contribution in [1.29, 1.82) is 0 Å². The number of esters is 1. The van der Waals surface area contributed by atoms with E-state index in [0.29, 0.717) is 13.0 Å². The Kier molecular flexibility index (Phi) is 8.78. The van der Waals surface area contributed by atoms with Crippen molar-refractivity contribution in [3.63, 3.8) is 0 Å². The Bertz CT molecular complexity index is 681. The second-order valence-electron chi connectivity index (χ2n) is 6.73. The largest absolute Gasteiger partial charge is 0.456 e. The fourth-order valence-electron chi connectivity index (χ4n) is 3.15. The van der Waals surface area contributed by atoms with Crippen LogP contribution >= 0.6 is 11.8 Å². The molecule has 2 rings (SSSR count). The molecule has 148 valence electrons. The average molecular weight is 392 g/mol. The maximum Gasteiger partial charge on any atom is 0.306 e. The Morgan fingerprint density at radius 2 is 1.93 bits per heavy atom. The molecule has 0 spiro atoms. The summed E-state index contributed by atoms with van der Waals surface area (Å²) in [4.78, 5) is 32.6. The normalized spacial score (nSPS) is 13.8. The summed E-state index contributed by atoms with van der Waals surface area (Å²) in [5.41, 5.74) is 4.15. The molecule has 0 saturated heterocycles. The highest BCUT2D eigenvalue weighted by atomic mass is 32.2. The molecule has 1 amide bonds. The summed E-state index contributed by atoms with van der Waals surface area (Å²) in [6, 6.07) is 0. The zero-order chi connectivity index (χ0) is 19.6. The predicted octanol–water partition coefficient (Wildman–Crippen LogP) is 3.30. The molecule has 1 aromatic rings. The van der Waals surface area contributed by atoms with Crippen molar-refractivity contribution in [3.05, 3.63) is 28.6 Å². The quantitative estimate of drug-likeness (QED) is 0.301. The van der Waals surface area contributed by atoms with Gasteiger partial charge >= 0.3 is 5.97 Å². The zero-order valence-electron chi connectivity index (χ0n) is 16.5. The van der Waals surface area contributed by atoms with Gasteiger partial charge < -0.3 is 10.1 Å². The summed E-state index contributed by atoms with van der Waals surface area (Å²) >= 11 is 1.50. The summed E-state index contributed by atoms with van der Waals surface area (Å²) in [5, 5.41) is 3.54. The first-order chi connectivity index (χ1) is 13.0. The van der Waals surface area contributed by atoms with Gasteiger partial charge in [-0.15, -0.1) is 0 Å². The van der Waals surface area contributed by atoms with Crippen molar-refractivity contribution in [2.75, 3.05) is 19.4 Å². The van der Waals surface area contributed by atoms with Gasteiger partial charge in [0.1, 0.15) is 0 Å². The van der Waals surface area contributed by atoms with Crippen LogP contribution in [0.1, 0.15) is 55.5 Å². The minimum Gasteiger partial charge on any atom is -0.456 e. The molecule has 1 heterocycles. The number of carbonyl (C=O) groups is 2. The summed E-state index contributed by atoms with van der Waals surface area (Å²) in [7, 11) is 0. The monoisotopic (exact) mass is 391 g/mol. The van der Waals surface area contributed by atoms with Crippen LogP contribution in [-0.2, 0) is 20.7 Å². The van der Waals surface area contributed by atoms with Crippen LogP contribution in [0.2, 0.25) is 0 Å². The third-order valence-corrected chi connectivity index (χ3v) is 5.23. The molecule has 6 nitrogen and oxygen atoms in total. The van der Waals surface area contributed by atoms with Gasteiger partial charge in [0.15, 0.2) is 11.8 Å². The van der Waals surface area contributed by atoms with Crippen molar-refractivity contribution in [2.24, 2.45) is 0 Å². The van der Waals surface area contributed by atoms with Gasteiger partial charge in [-0.25, -0.2) is 9.97 Å². The first-order valence-corrected chi connectivity index (χ1v) is 10.7. The van der Waals surface area contributed by atoms with E-state index in [2.05, 4.69) is 21.4 Å². The number of carbonyl (C=O) groups excluding carboxylic acids is 2. The lowest BCUT2D eigenvalue weighted by atomic mass is 9.97. The van der Waals surface area contributed by atoms with Gasteiger partial charge in [-0.2, -0.15) is 0 Å². The highest BCUT2D eigenvalue weighted by Gasteiger charge is 2.13. The lowest BCUT2D eigenvalue weighted by molar-refractivity contribution is -0.148. The van der Waals surface area contributed by atoms with Crippen molar-refractivity contribution >= 4 is 23.6 Å². The molecule has 0 atom stereocenters. The fourth-order valence-corrected chi connectivity index (χ4v) is 3.61. The van der Waals surface area contributed by atoms with E-state index < -0.39 is 0 Å². The number of aromatic nitrogens is 2. The first-order valence-electron chi connectivity index (χ1n) is 9.48. The van der Waals surface area contributed by atoms with Crippen LogP contribution in [0, 0.1) is 13.8 Å². The highest BCUT2D eigenvalue weighted by Crippen LogP contribution is 2.19. The van der Waals surface area contributed by atoms with Crippen molar-refractivity contribution < 1.29 is 14.3 Å².